The Kier molecular flexibility index (Phi) is 6.57. The summed E-state index contributed by atoms with van der Waals surface area (Å²) in [7, 11) is 1.32. The molecule has 0 aliphatic carbocycles. The molecule has 0 aromatic heterocycles. The van der Waals surface area contributed by atoms with E-state index in [0.717, 1.165) is 11.3 Å². The summed E-state index contributed by atoms with van der Waals surface area (Å²) in [5.41, 5.74) is 3.25. The number of hydrogen-bond acceptors (Lipinski definition) is 4. The van der Waals surface area contributed by atoms with Crippen molar-refractivity contribution in [1.29, 1.82) is 0 Å². The standard InChI is InChI=1S/C20H23NO4/c1-14-9-10-18(15(2)12-14)25-11-5-8-19(22)21-17-7-4-6-16(13-17)20(23)24-3/h4,6-7,9-10,12-13H,5,8,11H2,1-3H3,(H,21,22). The van der Waals surface area contributed by atoms with Crippen LogP contribution in [0.4, 0.5) is 5.69 Å². The molecule has 0 spiro atoms. The predicted molar refractivity (Wildman–Crippen MR) is 97.1 cm³/mol. The van der Waals surface area contributed by atoms with Crippen molar-refractivity contribution >= 4 is 17.6 Å². The monoisotopic (exact) mass is 341 g/mol. The molecule has 0 saturated heterocycles. The normalized spacial score (nSPS) is 10.2. The fourth-order valence-corrected chi connectivity index (χ4v) is 2.44. The van der Waals surface area contributed by atoms with E-state index >= 15 is 0 Å². The van der Waals surface area contributed by atoms with Gasteiger partial charge < -0.3 is 14.8 Å². The fraction of sp³-hybridized carbons (Fsp3) is 0.300. The Morgan fingerprint density at radius 2 is 1.88 bits per heavy atom. The average molecular weight is 341 g/mol. The van der Waals surface area contributed by atoms with Crippen LogP contribution in [0.15, 0.2) is 42.5 Å². The zero-order chi connectivity index (χ0) is 18.2. The Bertz CT molecular complexity index is 755. The van der Waals surface area contributed by atoms with E-state index in [9.17, 15) is 9.59 Å². The van der Waals surface area contributed by atoms with Gasteiger partial charge in [-0.05, 0) is 50.1 Å². The summed E-state index contributed by atoms with van der Waals surface area (Å²) in [4.78, 5) is 23.5. The molecule has 1 N–H and O–H groups in total. The van der Waals surface area contributed by atoms with Gasteiger partial charge in [0.1, 0.15) is 5.75 Å². The summed E-state index contributed by atoms with van der Waals surface area (Å²) in [5.74, 6) is 0.293. The van der Waals surface area contributed by atoms with Gasteiger partial charge in [0, 0.05) is 12.1 Å². The number of aryl methyl sites for hydroxylation is 2. The van der Waals surface area contributed by atoms with E-state index in [1.54, 1.807) is 24.3 Å². The molecule has 0 atom stereocenters. The minimum atomic E-state index is -0.432. The van der Waals surface area contributed by atoms with E-state index in [-0.39, 0.29) is 5.91 Å². The minimum Gasteiger partial charge on any atom is -0.493 e. The molecule has 2 aromatic carbocycles. The molecule has 0 heterocycles. The van der Waals surface area contributed by atoms with Crippen molar-refractivity contribution in [1.82, 2.24) is 0 Å². The fourth-order valence-electron chi connectivity index (χ4n) is 2.44. The van der Waals surface area contributed by atoms with Gasteiger partial charge in [0.2, 0.25) is 5.91 Å². The van der Waals surface area contributed by atoms with Gasteiger partial charge in [0.15, 0.2) is 0 Å². The molecule has 2 rings (SSSR count). The molecular weight excluding hydrogens is 318 g/mol. The lowest BCUT2D eigenvalue weighted by molar-refractivity contribution is -0.116. The molecule has 0 aliphatic heterocycles. The molecule has 1 amide bonds. The van der Waals surface area contributed by atoms with Crippen LogP contribution in [0.2, 0.25) is 0 Å². The molecular formula is C20H23NO4. The van der Waals surface area contributed by atoms with Crippen molar-refractivity contribution in [3.63, 3.8) is 0 Å². The van der Waals surface area contributed by atoms with Gasteiger partial charge in [0.05, 0.1) is 19.3 Å². The van der Waals surface area contributed by atoms with Crippen molar-refractivity contribution in [2.75, 3.05) is 19.0 Å². The molecule has 0 radical (unpaired) electrons. The van der Waals surface area contributed by atoms with Crippen molar-refractivity contribution in [2.24, 2.45) is 0 Å². The number of carbonyl (C=O) groups is 2. The van der Waals surface area contributed by atoms with Crippen LogP contribution in [-0.4, -0.2) is 25.6 Å². The van der Waals surface area contributed by atoms with Gasteiger partial charge in [-0.3, -0.25) is 4.79 Å². The SMILES string of the molecule is COC(=O)c1cccc(NC(=O)CCCOc2ccc(C)cc2C)c1. The van der Waals surface area contributed by atoms with Crippen LogP contribution in [-0.2, 0) is 9.53 Å². The molecule has 0 bridgehead atoms. The van der Waals surface area contributed by atoms with E-state index in [1.165, 1.54) is 12.7 Å². The van der Waals surface area contributed by atoms with Gasteiger partial charge in [-0.25, -0.2) is 4.79 Å². The van der Waals surface area contributed by atoms with E-state index in [0.29, 0.717) is 30.7 Å². The van der Waals surface area contributed by atoms with Gasteiger partial charge in [-0.1, -0.05) is 23.8 Å². The van der Waals surface area contributed by atoms with Crippen LogP contribution in [0, 0.1) is 13.8 Å². The quantitative estimate of drug-likeness (QED) is 0.613. The van der Waals surface area contributed by atoms with Crippen LogP contribution in [0.25, 0.3) is 0 Å². The highest BCUT2D eigenvalue weighted by atomic mass is 16.5. The maximum Gasteiger partial charge on any atom is 0.337 e. The Hall–Kier alpha value is -2.82. The Balaban J connectivity index is 1.78. The number of hydrogen-bond donors (Lipinski definition) is 1. The lowest BCUT2D eigenvalue weighted by Crippen LogP contribution is -2.13. The smallest absolute Gasteiger partial charge is 0.337 e. The largest absolute Gasteiger partial charge is 0.493 e. The third kappa shape index (κ3) is 5.64. The number of benzene rings is 2. The maximum atomic E-state index is 12.0. The second-order valence-corrected chi connectivity index (χ2v) is 5.84. The first-order valence-electron chi connectivity index (χ1n) is 8.18. The number of amides is 1. The lowest BCUT2D eigenvalue weighted by Gasteiger charge is -2.10. The number of carbonyl (C=O) groups excluding carboxylic acids is 2. The highest BCUT2D eigenvalue weighted by Crippen LogP contribution is 2.19. The topological polar surface area (TPSA) is 64.6 Å². The number of rotatable bonds is 7. The van der Waals surface area contributed by atoms with Gasteiger partial charge in [-0.15, -0.1) is 0 Å². The number of methoxy groups -OCH3 is 1. The summed E-state index contributed by atoms with van der Waals surface area (Å²) in [6, 6.07) is 12.7. The highest BCUT2D eigenvalue weighted by Gasteiger charge is 2.08. The van der Waals surface area contributed by atoms with Gasteiger partial charge in [0.25, 0.3) is 0 Å². The predicted octanol–water partition coefficient (Wildman–Crippen LogP) is 3.89. The summed E-state index contributed by atoms with van der Waals surface area (Å²) in [5, 5.41) is 2.78. The van der Waals surface area contributed by atoms with Crippen LogP contribution >= 0.6 is 0 Å². The third-order valence-corrected chi connectivity index (χ3v) is 3.70. The Morgan fingerprint density at radius 1 is 1.08 bits per heavy atom. The summed E-state index contributed by atoms with van der Waals surface area (Å²) in [6.07, 6.45) is 0.948. The first kappa shape index (κ1) is 18.5. The van der Waals surface area contributed by atoms with E-state index < -0.39 is 5.97 Å². The minimum absolute atomic E-state index is 0.119. The molecule has 5 heteroatoms. The second-order valence-electron chi connectivity index (χ2n) is 5.84. The zero-order valence-electron chi connectivity index (χ0n) is 14.8. The molecule has 0 aliphatic rings. The Morgan fingerprint density at radius 3 is 2.60 bits per heavy atom. The molecule has 0 unspecified atom stereocenters. The van der Waals surface area contributed by atoms with Crippen molar-refractivity contribution in [3.8, 4) is 5.75 Å². The summed E-state index contributed by atoms with van der Waals surface area (Å²) < 4.78 is 10.4. The molecule has 132 valence electrons. The van der Waals surface area contributed by atoms with Crippen molar-refractivity contribution in [2.45, 2.75) is 26.7 Å². The van der Waals surface area contributed by atoms with E-state index in [2.05, 4.69) is 16.1 Å². The van der Waals surface area contributed by atoms with Crippen LogP contribution in [0.1, 0.15) is 34.3 Å². The number of anilines is 1. The summed E-state index contributed by atoms with van der Waals surface area (Å²) >= 11 is 0. The summed E-state index contributed by atoms with van der Waals surface area (Å²) in [6.45, 7) is 4.51. The third-order valence-electron chi connectivity index (χ3n) is 3.70. The number of ether oxygens (including phenoxy) is 2. The second kappa shape index (κ2) is 8.87. The highest BCUT2D eigenvalue weighted by molar-refractivity contribution is 5.94. The zero-order valence-corrected chi connectivity index (χ0v) is 14.8. The number of nitrogens with one attached hydrogen (secondary N) is 1. The van der Waals surface area contributed by atoms with Crippen LogP contribution in [0.5, 0.6) is 5.75 Å². The van der Waals surface area contributed by atoms with Crippen molar-refractivity contribution in [3.05, 3.63) is 59.2 Å². The Labute approximate surface area is 148 Å². The molecule has 25 heavy (non-hydrogen) atoms. The lowest BCUT2D eigenvalue weighted by atomic mass is 10.1. The molecule has 5 nitrogen and oxygen atoms in total. The molecule has 0 saturated carbocycles. The van der Waals surface area contributed by atoms with Crippen LogP contribution < -0.4 is 10.1 Å². The van der Waals surface area contributed by atoms with Crippen LogP contribution in [0.3, 0.4) is 0 Å². The van der Waals surface area contributed by atoms with E-state index in [1.807, 2.05) is 26.0 Å². The van der Waals surface area contributed by atoms with Gasteiger partial charge >= 0.3 is 5.97 Å². The number of esters is 1. The maximum absolute atomic E-state index is 12.0. The molecule has 0 fully saturated rings. The van der Waals surface area contributed by atoms with Crippen molar-refractivity contribution < 1.29 is 19.1 Å². The first-order valence-corrected chi connectivity index (χ1v) is 8.18. The molecule has 2 aromatic rings. The first-order chi connectivity index (χ1) is 12.0. The van der Waals surface area contributed by atoms with Gasteiger partial charge in [-0.2, -0.15) is 0 Å². The average Bonchev–Trinajstić information content (AvgIpc) is 2.59. The van der Waals surface area contributed by atoms with E-state index in [4.69, 9.17) is 4.74 Å².